The molecule has 0 bridgehead atoms. The van der Waals surface area contributed by atoms with Crippen molar-refractivity contribution in [2.24, 2.45) is 0 Å². The van der Waals surface area contributed by atoms with Gasteiger partial charge in [-0.15, -0.1) is 12.4 Å². The van der Waals surface area contributed by atoms with Crippen molar-refractivity contribution < 1.29 is 18.7 Å². The molecule has 1 amide bonds. The molecule has 0 spiro atoms. The fraction of sp³-hybridized carbons (Fsp3) is 0.350. The van der Waals surface area contributed by atoms with E-state index in [0.29, 0.717) is 36.4 Å². The van der Waals surface area contributed by atoms with E-state index in [4.69, 9.17) is 9.47 Å². The van der Waals surface area contributed by atoms with Crippen LogP contribution >= 0.6 is 12.4 Å². The number of hydrogen-bond donors (Lipinski definition) is 2. The SMILES string of the molecule is COc1ccc(CCC(=O)Nc2ccc3c(c2F)CCNC3)cc1OC.Cl. The highest BCUT2D eigenvalue weighted by atomic mass is 35.5. The van der Waals surface area contributed by atoms with Gasteiger partial charge in [0.15, 0.2) is 11.5 Å². The number of ether oxygens (including phenoxy) is 2. The Morgan fingerprint density at radius 2 is 1.96 bits per heavy atom. The second kappa shape index (κ2) is 9.58. The van der Waals surface area contributed by atoms with E-state index in [9.17, 15) is 9.18 Å². The highest BCUT2D eigenvalue weighted by Crippen LogP contribution is 2.28. The van der Waals surface area contributed by atoms with Crippen molar-refractivity contribution in [2.75, 3.05) is 26.1 Å². The van der Waals surface area contributed by atoms with Gasteiger partial charge in [0.25, 0.3) is 0 Å². The average molecular weight is 395 g/mol. The van der Waals surface area contributed by atoms with E-state index in [2.05, 4.69) is 10.6 Å². The van der Waals surface area contributed by atoms with Gasteiger partial charge in [0.05, 0.1) is 19.9 Å². The van der Waals surface area contributed by atoms with E-state index < -0.39 is 0 Å². The smallest absolute Gasteiger partial charge is 0.224 e. The summed E-state index contributed by atoms with van der Waals surface area (Å²) in [6, 6.07) is 9.05. The normalized spacial score (nSPS) is 12.6. The summed E-state index contributed by atoms with van der Waals surface area (Å²) in [5.74, 6) is 0.738. The van der Waals surface area contributed by atoms with E-state index in [1.54, 1.807) is 20.3 Å². The summed E-state index contributed by atoms with van der Waals surface area (Å²) in [6.45, 7) is 1.42. The second-order valence-electron chi connectivity index (χ2n) is 6.23. The molecule has 7 heteroatoms. The Balaban J connectivity index is 0.00000261. The van der Waals surface area contributed by atoms with Crippen molar-refractivity contribution >= 4 is 24.0 Å². The van der Waals surface area contributed by atoms with Gasteiger partial charge >= 0.3 is 0 Å². The highest BCUT2D eigenvalue weighted by Gasteiger charge is 2.17. The Hall–Kier alpha value is -2.31. The molecule has 3 rings (SSSR count). The molecule has 0 fully saturated rings. The van der Waals surface area contributed by atoms with Gasteiger partial charge in [-0.05, 0) is 54.3 Å². The predicted molar refractivity (Wildman–Crippen MR) is 106 cm³/mol. The summed E-state index contributed by atoms with van der Waals surface area (Å²) in [7, 11) is 3.15. The lowest BCUT2D eigenvalue weighted by Crippen LogP contribution is -2.25. The summed E-state index contributed by atoms with van der Waals surface area (Å²) in [5, 5.41) is 5.90. The summed E-state index contributed by atoms with van der Waals surface area (Å²) in [6.07, 6.45) is 1.42. The monoisotopic (exact) mass is 394 g/mol. The van der Waals surface area contributed by atoms with Crippen molar-refractivity contribution in [3.8, 4) is 11.5 Å². The molecule has 1 aliphatic heterocycles. The minimum absolute atomic E-state index is 0. The molecule has 0 aliphatic carbocycles. The van der Waals surface area contributed by atoms with Crippen LogP contribution in [0.1, 0.15) is 23.1 Å². The van der Waals surface area contributed by atoms with Crippen molar-refractivity contribution in [1.29, 1.82) is 0 Å². The lowest BCUT2D eigenvalue weighted by molar-refractivity contribution is -0.116. The molecule has 146 valence electrons. The van der Waals surface area contributed by atoms with Crippen molar-refractivity contribution in [2.45, 2.75) is 25.8 Å². The van der Waals surface area contributed by atoms with E-state index >= 15 is 0 Å². The van der Waals surface area contributed by atoms with Gasteiger partial charge < -0.3 is 20.1 Å². The lowest BCUT2D eigenvalue weighted by Gasteiger charge is -2.19. The summed E-state index contributed by atoms with van der Waals surface area (Å²) >= 11 is 0. The van der Waals surface area contributed by atoms with Gasteiger partial charge in [0, 0.05) is 13.0 Å². The highest BCUT2D eigenvalue weighted by molar-refractivity contribution is 5.91. The Kier molecular flexibility index (Phi) is 7.45. The third-order valence-corrected chi connectivity index (χ3v) is 4.57. The second-order valence-corrected chi connectivity index (χ2v) is 6.23. The molecule has 2 aromatic rings. The third-order valence-electron chi connectivity index (χ3n) is 4.57. The first-order valence-corrected chi connectivity index (χ1v) is 8.64. The number of hydrogen-bond acceptors (Lipinski definition) is 4. The Labute approximate surface area is 164 Å². The fourth-order valence-corrected chi connectivity index (χ4v) is 3.14. The van der Waals surface area contributed by atoms with E-state index in [1.807, 2.05) is 24.3 Å². The van der Waals surface area contributed by atoms with E-state index in [0.717, 1.165) is 17.7 Å². The van der Waals surface area contributed by atoms with Crippen LogP contribution in [-0.4, -0.2) is 26.7 Å². The van der Waals surface area contributed by atoms with Crippen molar-refractivity contribution in [3.63, 3.8) is 0 Å². The van der Waals surface area contributed by atoms with Crippen LogP contribution in [0.4, 0.5) is 10.1 Å². The number of amides is 1. The first kappa shape index (κ1) is 21.0. The van der Waals surface area contributed by atoms with Crippen LogP contribution in [0.15, 0.2) is 30.3 Å². The average Bonchev–Trinajstić information content (AvgIpc) is 2.68. The molecular weight excluding hydrogens is 371 g/mol. The van der Waals surface area contributed by atoms with Crippen LogP contribution < -0.4 is 20.1 Å². The molecule has 0 saturated heterocycles. The number of rotatable bonds is 6. The quantitative estimate of drug-likeness (QED) is 0.787. The van der Waals surface area contributed by atoms with Crippen LogP contribution in [0.2, 0.25) is 0 Å². The maximum atomic E-state index is 14.6. The third kappa shape index (κ3) is 4.90. The zero-order valence-electron chi connectivity index (χ0n) is 15.4. The number of nitrogens with one attached hydrogen (secondary N) is 2. The van der Waals surface area contributed by atoms with Gasteiger partial charge in [-0.1, -0.05) is 12.1 Å². The van der Waals surface area contributed by atoms with Crippen molar-refractivity contribution in [3.05, 3.63) is 52.8 Å². The zero-order valence-corrected chi connectivity index (χ0v) is 16.2. The van der Waals surface area contributed by atoms with Crippen LogP contribution in [0.3, 0.4) is 0 Å². The molecule has 0 radical (unpaired) electrons. The molecule has 0 aromatic heterocycles. The number of methoxy groups -OCH3 is 2. The zero-order chi connectivity index (χ0) is 18.5. The summed E-state index contributed by atoms with van der Waals surface area (Å²) in [5.41, 5.74) is 2.86. The molecule has 1 heterocycles. The van der Waals surface area contributed by atoms with Gasteiger partial charge in [-0.25, -0.2) is 4.39 Å². The van der Waals surface area contributed by atoms with Gasteiger partial charge in [-0.3, -0.25) is 4.79 Å². The molecule has 27 heavy (non-hydrogen) atoms. The van der Waals surface area contributed by atoms with Crippen molar-refractivity contribution in [1.82, 2.24) is 5.32 Å². The Bertz CT molecular complexity index is 814. The predicted octanol–water partition coefficient (Wildman–Crippen LogP) is 3.48. The maximum Gasteiger partial charge on any atom is 0.224 e. The molecule has 2 aromatic carbocycles. The Morgan fingerprint density at radius 1 is 1.19 bits per heavy atom. The number of benzene rings is 2. The van der Waals surface area contributed by atoms with E-state index in [-0.39, 0.29) is 36.2 Å². The largest absolute Gasteiger partial charge is 0.493 e. The van der Waals surface area contributed by atoms with Crippen LogP contribution in [0.25, 0.3) is 0 Å². The first-order valence-electron chi connectivity index (χ1n) is 8.64. The number of fused-ring (bicyclic) bond motifs is 1. The maximum absolute atomic E-state index is 14.6. The number of aryl methyl sites for hydroxylation is 1. The molecule has 2 N–H and O–H groups in total. The van der Waals surface area contributed by atoms with Gasteiger partial charge in [0.1, 0.15) is 5.82 Å². The Morgan fingerprint density at radius 3 is 2.70 bits per heavy atom. The first-order chi connectivity index (χ1) is 12.6. The summed E-state index contributed by atoms with van der Waals surface area (Å²) in [4.78, 5) is 12.2. The summed E-state index contributed by atoms with van der Waals surface area (Å²) < 4.78 is 25.1. The van der Waals surface area contributed by atoms with E-state index in [1.165, 1.54) is 0 Å². The van der Waals surface area contributed by atoms with Crippen LogP contribution in [0, 0.1) is 5.82 Å². The number of carbonyl (C=O) groups is 1. The molecule has 0 atom stereocenters. The minimum atomic E-state index is -0.316. The minimum Gasteiger partial charge on any atom is -0.493 e. The molecule has 0 unspecified atom stereocenters. The van der Waals surface area contributed by atoms with Gasteiger partial charge in [-0.2, -0.15) is 0 Å². The molecule has 1 aliphatic rings. The molecular formula is C20H24ClFN2O3. The van der Waals surface area contributed by atoms with Crippen LogP contribution in [0.5, 0.6) is 11.5 Å². The van der Waals surface area contributed by atoms with Crippen LogP contribution in [-0.2, 0) is 24.2 Å². The number of halogens is 2. The standard InChI is InChI=1S/C20H23FN2O3.ClH/c1-25-17-7-3-13(11-18(17)26-2)4-8-19(24)23-16-6-5-14-12-22-10-9-15(14)20(16)21;/h3,5-7,11,22H,4,8-10,12H2,1-2H3,(H,23,24);1H. The number of anilines is 1. The molecule has 5 nitrogen and oxygen atoms in total. The topological polar surface area (TPSA) is 59.6 Å². The number of carbonyl (C=O) groups excluding carboxylic acids is 1. The lowest BCUT2D eigenvalue weighted by atomic mass is 9.99. The van der Waals surface area contributed by atoms with Gasteiger partial charge in [0.2, 0.25) is 5.91 Å². The molecule has 0 saturated carbocycles. The fourth-order valence-electron chi connectivity index (χ4n) is 3.14.